The summed E-state index contributed by atoms with van der Waals surface area (Å²) in [5.41, 5.74) is -0.980. The number of nitriles is 1. The zero-order valence-corrected chi connectivity index (χ0v) is 21.0. The molecule has 3 amide bonds. The molecule has 1 saturated carbocycles. The van der Waals surface area contributed by atoms with Gasteiger partial charge in [-0.2, -0.15) is 18.4 Å². The topological polar surface area (TPSA) is 132 Å². The molecule has 4 rings (SSSR count). The highest BCUT2D eigenvalue weighted by molar-refractivity contribution is 5.95. The molecule has 2 N–H and O–H groups in total. The highest BCUT2D eigenvalue weighted by Gasteiger charge is 2.70. The van der Waals surface area contributed by atoms with E-state index in [1.165, 1.54) is 38.1 Å². The van der Waals surface area contributed by atoms with Crippen LogP contribution in [0.4, 0.5) is 13.2 Å². The van der Waals surface area contributed by atoms with E-state index in [2.05, 4.69) is 15.3 Å². The van der Waals surface area contributed by atoms with Crippen molar-refractivity contribution in [3.63, 3.8) is 0 Å². The summed E-state index contributed by atoms with van der Waals surface area (Å²) >= 11 is 0. The quantitative estimate of drug-likeness (QED) is 0.621. The van der Waals surface area contributed by atoms with Crippen LogP contribution < -0.4 is 10.6 Å². The normalized spacial score (nSPS) is 24.1. The number of alkyl halides is 3. The Hall–Kier alpha value is -3.69. The second kappa shape index (κ2) is 8.71. The van der Waals surface area contributed by atoms with Gasteiger partial charge in [0.1, 0.15) is 12.1 Å². The predicted molar refractivity (Wildman–Crippen MR) is 123 cm³/mol. The number of carbonyl (C=O) groups is 3. The van der Waals surface area contributed by atoms with E-state index in [1.807, 2.05) is 25.2 Å². The zero-order chi connectivity index (χ0) is 27.5. The molecule has 1 aliphatic carbocycles. The molecule has 0 bridgehead atoms. The predicted octanol–water partition coefficient (Wildman–Crippen LogP) is 1.99. The van der Waals surface area contributed by atoms with Crippen LogP contribution in [0.2, 0.25) is 0 Å². The molecular weight excluding hydrogens is 491 g/mol. The fraction of sp³-hybridized carbons (Fsp3) is 0.583. The van der Waals surface area contributed by atoms with Crippen molar-refractivity contribution >= 4 is 23.5 Å². The number of halogens is 3. The van der Waals surface area contributed by atoms with Crippen LogP contribution in [0, 0.1) is 34.0 Å². The zero-order valence-electron chi connectivity index (χ0n) is 21.0. The highest BCUT2D eigenvalue weighted by Crippen LogP contribution is 2.65. The third-order valence-corrected chi connectivity index (χ3v) is 7.43. The Balaban J connectivity index is 1.61. The van der Waals surface area contributed by atoms with Gasteiger partial charge in [0, 0.05) is 18.9 Å². The van der Waals surface area contributed by atoms with Crippen molar-refractivity contribution in [2.24, 2.45) is 22.7 Å². The van der Waals surface area contributed by atoms with Crippen LogP contribution in [0.15, 0.2) is 24.7 Å². The van der Waals surface area contributed by atoms with Crippen LogP contribution in [0.3, 0.4) is 0 Å². The van der Waals surface area contributed by atoms with Crippen molar-refractivity contribution in [1.29, 1.82) is 5.26 Å². The number of rotatable bonds is 5. The summed E-state index contributed by atoms with van der Waals surface area (Å²) in [5.74, 6) is -3.57. The monoisotopic (exact) mass is 519 g/mol. The van der Waals surface area contributed by atoms with Gasteiger partial charge in [-0.05, 0) is 28.7 Å². The maximum atomic E-state index is 13.6. The average molecular weight is 520 g/mol. The first-order chi connectivity index (χ1) is 17.1. The lowest BCUT2D eigenvalue weighted by Crippen LogP contribution is -2.60. The SMILES string of the molecule is CC(C)(C)[C@H](NC(=O)C(F)(F)F)C(=O)N1C[C@H]2[C@@H]([C@H]1C(=O)NC(C#N)c1cnc3ncccn13)C2(C)C. The number of amides is 3. The van der Waals surface area contributed by atoms with Crippen molar-refractivity contribution < 1.29 is 27.6 Å². The molecule has 10 nitrogen and oxygen atoms in total. The standard InChI is InChI=1S/C24H28F3N7O3/c1-22(2,3)17(32-20(37)24(25,26)27)19(36)34-11-12-15(23(12,4)5)16(34)18(35)31-13(9-28)14-10-30-21-29-7-6-8-33(14)21/h6-8,10,12-13,15-17H,11H2,1-5H3,(H,31,35)(H,32,37)/t12-,13?,15-,16-,17+/m0/s1. The van der Waals surface area contributed by atoms with Crippen molar-refractivity contribution in [3.05, 3.63) is 30.4 Å². The molecule has 1 saturated heterocycles. The molecule has 198 valence electrons. The number of hydrogen-bond donors (Lipinski definition) is 2. The molecule has 2 aliphatic rings. The summed E-state index contributed by atoms with van der Waals surface area (Å²) < 4.78 is 40.5. The second-order valence-corrected chi connectivity index (χ2v) is 11.2. The summed E-state index contributed by atoms with van der Waals surface area (Å²) in [7, 11) is 0. The van der Waals surface area contributed by atoms with E-state index in [1.54, 1.807) is 16.7 Å². The maximum absolute atomic E-state index is 13.6. The lowest BCUT2D eigenvalue weighted by Gasteiger charge is -2.37. The number of nitrogens with zero attached hydrogens (tertiary/aromatic N) is 5. The van der Waals surface area contributed by atoms with Crippen LogP contribution in [0.1, 0.15) is 46.4 Å². The summed E-state index contributed by atoms with van der Waals surface area (Å²) in [6, 6.07) is 0.0147. The van der Waals surface area contributed by atoms with Crippen LogP contribution in [-0.4, -0.2) is 61.8 Å². The van der Waals surface area contributed by atoms with Crippen LogP contribution >= 0.6 is 0 Å². The highest BCUT2D eigenvalue weighted by atomic mass is 19.4. The van der Waals surface area contributed by atoms with E-state index in [4.69, 9.17) is 0 Å². The lowest BCUT2D eigenvalue weighted by atomic mass is 9.85. The maximum Gasteiger partial charge on any atom is 0.471 e. The number of carbonyl (C=O) groups excluding carboxylic acids is 3. The number of likely N-dealkylation sites (tertiary alicyclic amines) is 1. The molecule has 2 aromatic heterocycles. The number of imidazole rings is 1. The first-order valence-electron chi connectivity index (χ1n) is 11.7. The summed E-state index contributed by atoms with van der Waals surface area (Å²) in [5, 5.41) is 14.3. The Morgan fingerprint density at radius 2 is 1.86 bits per heavy atom. The average Bonchev–Trinajstić information content (AvgIpc) is 3.19. The minimum Gasteiger partial charge on any atom is -0.336 e. The van der Waals surface area contributed by atoms with Crippen LogP contribution in [-0.2, 0) is 14.4 Å². The minimum absolute atomic E-state index is 0.0494. The van der Waals surface area contributed by atoms with Crippen molar-refractivity contribution in [2.75, 3.05) is 6.54 Å². The largest absolute Gasteiger partial charge is 0.471 e. The Kier molecular flexibility index (Phi) is 6.21. The third kappa shape index (κ3) is 4.60. The molecule has 5 atom stereocenters. The third-order valence-electron chi connectivity index (χ3n) is 7.43. The van der Waals surface area contributed by atoms with E-state index in [0.29, 0.717) is 11.5 Å². The van der Waals surface area contributed by atoms with Gasteiger partial charge in [0.2, 0.25) is 17.6 Å². The molecule has 0 spiro atoms. The number of fused-ring (bicyclic) bond motifs is 2. The van der Waals surface area contributed by atoms with Gasteiger partial charge in [0.25, 0.3) is 0 Å². The van der Waals surface area contributed by atoms with Gasteiger partial charge in [-0.25, -0.2) is 9.97 Å². The van der Waals surface area contributed by atoms with E-state index in [9.17, 15) is 32.8 Å². The fourth-order valence-electron chi connectivity index (χ4n) is 5.30. The van der Waals surface area contributed by atoms with Crippen molar-refractivity contribution in [1.82, 2.24) is 29.9 Å². The van der Waals surface area contributed by atoms with Crippen LogP contribution in [0.5, 0.6) is 0 Å². The number of hydrogen-bond acceptors (Lipinski definition) is 6. The second-order valence-electron chi connectivity index (χ2n) is 11.2. The van der Waals surface area contributed by atoms with E-state index in [-0.39, 0.29) is 23.8 Å². The molecule has 37 heavy (non-hydrogen) atoms. The summed E-state index contributed by atoms with van der Waals surface area (Å²) in [6.07, 6.45) is -0.574. The minimum atomic E-state index is -5.17. The molecule has 1 unspecified atom stereocenters. The lowest BCUT2D eigenvalue weighted by molar-refractivity contribution is -0.176. The first kappa shape index (κ1) is 26.4. The molecule has 2 aromatic rings. The molecule has 13 heteroatoms. The van der Waals surface area contributed by atoms with Crippen molar-refractivity contribution in [2.45, 2.75) is 58.9 Å². The van der Waals surface area contributed by atoms with Gasteiger partial charge < -0.3 is 15.5 Å². The van der Waals surface area contributed by atoms with Gasteiger partial charge in [0.15, 0.2) is 6.04 Å². The molecular formula is C24H28F3N7O3. The molecule has 1 aliphatic heterocycles. The fourth-order valence-corrected chi connectivity index (χ4v) is 5.30. The number of piperidine rings is 1. The van der Waals surface area contributed by atoms with Gasteiger partial charge in [-0.15, -0.1) is 0 Å². The van der Waals surface area contributed by atoms with Gasteiger partial charge in [-0.1, -0.05) is 34.6 Å². The first-order valence-corrected chi connectivity index (χ1v) is 11.7. The van der Waals surface area contributed by atoms with Gasteiger partial charge in [-0.3, -0.25) is 18.8 Å². The Morgan fingerprint density at radius 3 is 2.46 bits per heavy atom. The van der Waals surface area contributed by atoms with E-state index < -0.39 is 47.4 Å². The number of aromatic nitrogens is 3. The van der Waals surface area contributed by atoms with Gasteiger partial charge in [0.05, 0.1) is 18.0 Å². The van der Waals surface area contributed by atoms with Crippen molar-refractivity contribution in [3.8, 4) is 6.07 Å². The molecule has 0 radical (unpaired) electrons. The van der Waals surface area contributed by atoms with E-state index in [0.717, 1.165) is 0 Å². The van der Waals surface area contributed by atoms with Crippen LogP contribution in [0.25, 0.3) is 5.78 Å². The van der Waals surface area contributed by atoms with E-state index >= 15 is 0 Å². The summed E-state index contributed by atoms with van der Waals surface area (Å²) in [6.45, 7) is 8.66. The Morgan fingerprint density at radius 1 is 1.19 bits per heavy atom. The Bertz CT molecular complexity index is 1290. The number of nitrogens with one attached hydrogen (secondary N) is 2. The molecule has 3 heterocycles. The molecule has 2 fully saturated rings. The summed E-state index contributed by atoms with van der Waals surface area (Å²) in [4.78, 5) is 48.3. The smallest absolute Gasteiger partial charge is 0.336 e. The Labute approximate surface area is 211 Å². The van der Waals surface area contributed by atoms with Gasteiger partial charge >= 0.3 is 12.1 Å². The molecule has 0 aromatic carbocycles.